The van der Waals surface area contributed by atoms with Crippen molar-refractivity contribution in [1.29, 1.82) is 0 Å². The highest BCUT2D eigenvalue weighted by Gasteiger charge is 2.17. The Morgan fingerprint density at radius 3 is 2.37 bits per heavy atom. The van der Waals surface area contributed by atoms with Crippen LogP contribution in [0.15, 0.2) is 54.9 Å². The van der Waals surface area contributed by atoms with Crippen molar-refractivity contribution in [3.63, 3.8) is 0 Å². The summed E-state index contributed by atoms with van der Waals surface area (Å²) in [7, 11) is 1.74. The maximum Gasteiger partial charge on any atom is 0.413 e. The Balaban J connectivity index is 1.62. The summed E-state index contributed by atoms with van der Waals surface area (Å²) in [4.78, 5) is 21.1. The first kappa shape index (κ1) is 23.8. The van der Waals surface area contributed by atoms with Crippen LogP contribution in [0.4, 0.5) is 10.7 Å². The number of nitrogens with zero attached hydrogens (tertiary/aromatic N) is 6. The molecule has 2 N–H and O–H groups in total. The molecule has 0 aliphatic heterocycles. The molecule has 0 aliphatic rings. The highest BCUT2D eigenvalue weighted by atomic mass is 16.6. The van der Waals surface area contributed by atoms with E-state index in [9.17, 15) is 4.79 Å². The molecule has 0 saturated heterocycles. The van der Waals surface area contributed by atoms with E-state index in [-0.39, 0.29) is 12.0 Å². The van der Waals surface area contributed by atoms with Gasteiger partial charge >= 0.3 is 6.09 Å². The normalized spacial score (nSPS) is 11.8. The Kier molecular flexibility index (Phi) is 7.00. The molecule has 2 aromatic carbocycles. The maximum atomic E-state index is 12.8. The number of amides is 1. The second-order valence-electron chi connectivity index (χ2n) is 8.53. The molecule has 1 amide bonds. The number of rotatable bonds is 7. The van der Waals surface area contributed by atoms with Crippen molar-refractivity contribution in [1.82, 2.24) is 35.5 Å². The molecular formula is C25H28N8O2. The van der Waals surface area contributed by atoms with Crippen LogP contribution in [0.5, 0.6) is 5.75 Å². The van der Waals surface area contributed by atoms with Crippen LogP contribution in [0.3, 0.4) is 0 Å². The first-order valence-electron chi connectivity index (χ1n) is 11.3. The molecule has 4 aromatic rings. The topological polar surface area (TPSA) is 120 Å². The summed E-state index contributed by atoms with van der Waals surface area (Å²) >= 11 is 0. The van der Waals surface area contributed by atoms with Gasteiger partial charge in [-0.1, -0.05) is 43.7 Å². The average molecular weight is 473 g/mol. The van der Waals surface area contributed by atoms with E-state index in [1.54, 1.807) is 30.2 Å². The van der Waals surface area contributed by atoms with Gasteiger partial charge in [0.15, 0.2) is 5.82 Å². The van der Waals surface area contributed by atoms with Crippen molar-refractivity contribution < 1.29 is 9.53 Å². The predicted molar refractivity (Wildman–Crippen MR) is 133 cm³/mol. The van der Waals surface area contributed by atoms with Crippen LogP contribution >= 0.6 is 0 Å². The van der Waals surface area contributed by atoms with Gasteiger partial charge in [-0.25, -0.2) is 14.8 Å². The van der Waals surface area contributed by atoms with Crippen molar-refractivity contribution >= 4 is 12.0 Å². The third kappa shape index (κ3) is 5.60. The predicted octanol–water partition coefficient (Wildman–Crippen LogP) is 4.44. The van der Waals surface area contributed by atoms with Crippen molar-refractivity contribution in [3.8, 4) is 22.6 Å². The van der Waals surface area contributed by atoms with E-state index in [4.69, 9.17) is 4.74 Å². The highest BCUT2D eigenvalue weighted by molar-refractivity contribution is 5.74. The van der Waals surface area contributed by atoms with Crippen molar-refractivity contribution in [2.24, 2.45) is 0 Å². The third-order valence-corrected chi connectivity index (χ3v) is 5.47. The molecule has 0 spiro atoms. The van der Waals surface area contributed by atoms with Crippen LogP contribution in [0.2, 0.25) is 0 Å². The molecule has 180 valence electrons. The molecule has 0 bridgehead atoms. The number of carbonyl (C=O) groups is 1. The molecule has 0 saturated carbocycles. The molecule has 0 aliphatic carbocycles. The monoisotopic (exact) mass is 472 g/mol. The van der Waals surface area contributed by atoms with Crippen LogP contribution in [0.25, 0.3) is 16.8 Å². The summed E-state index contributed by atoms with van der Waals surface area (Å²) in [5.41, 5.74) is 4.47. The minimum atomic E-state index is -0.594. The van der Waals surface area contributed by atoms with Gasteiger partial charge < -0.3 is 15.4 Å². The average Bonchev–Trinajstić information content (AvgIpc) is 3.35. The van der Waals surface area contributed by atoms with Crippen LogP contribution in [0, 0.1) is 6.92 Å². The summed E-state index contributed by atoms with van der Waals surface area (Å²) in [6.45, 7) is 7.91. The molecule has 0 radical (unpaired) electrons. The van der Waals surface area contributed by atoms with Gasteiger partial charge in [0.2, 0.25) is 5.95 Å². The van der Waals surface area contributed by atoms with Gasteiger partial charge in [0, 0.05) is 37.0 Å². The number of tetrazole rings is 1. The number of hydrogen-bond acceptors (Lipinski definition) is 8. The highest BCUT2D eigenvalue weighted by Crippen LogP contribution is 2.29. The van der Waals surface area contributed by atoms with E-state index in [0.29, 0.717) is 23.2 Å². The van der Waals surface area contributed by atoms with Crippen molar-refractivity contribution in [3.05, 3.63) is 71.8 Å². The molecular weight excluding hydrogens is 444 g/mol. The lowest BCUT2D eigenvalue weighted by Gasteiger charge is -2.15. The molecule has 1 unspecified atom stereocenters. The molecule has 4 rings (SSSR count). The number of aromatic nitrogens is 6. The van der Waals surface area contributed by atoms with E-state index >= 15 is 0 Å². The molecule has 35 heavy (non-hydrogen) atoms. The zero-order valence-corrected chi connectivity index (χ0v) is 20.4. The Bertz CT molecular complexity index is 1300. The first-order valence-corrected chi connectivity index (χ1v) is 11.3. The second-order valence-corrected chi connectivity index (χ2v) is 8.53. The quantitative estimate of drug-likeness (QED) is 0.405. The molecule has 1 atom stereocenters. The fourth-order valence-electron chi connectivity index (χ4n) is 3.50. The molecule has 10 nitrogen and oxygen atoms in total. The fourth-order valence-corrected chi connectivity index (χ4v) is 3.50. The van der Waals surface area contributed by atoms with Crippen LogP contribution in [-0.4, -0.2) is 43.3 Å². The summed E-state index contributed by atoms with van der Waals surface area (Å²) in [5, 5.41) is 17.8. The Morgan fingerprint density at radius 2 is 1.71 bits per heavy atom. The summed E-state index contributed by atoms with van der Waals surface area (Å²) < 4.78 is 7.35. The summed E-state index contributed by atoms with van der Waals surface area (Å²) in [6.07, 6.45) is 2.72. The molecule has 2 heterocycles. The lowest BCUT2D eigenvalue weighted by molar-refractivity contribution is 0.197. The largest absolute Gasteiger partial charge is 0.413 e. The van der Waals surface area contributed by atoms with Crippen LogP contribution < -0.4 is 15.4 Å². The lowest BCUT2D eigenvalue weighted by Crippen LogP contribution is -2.29. The van der Waals surface area contributed by atoms with E-state index in [1.165, 1.54) is 0 Å². The maximum absolute atomic E-state index is 12.8. The smallest absolute Gasteiger partial charge is 0.410 e. The number of aryl methyl sites for hydroxylation is 1. The number of nitrogens with one attached hydrogen (secondary N) is 2. The SMILES string of the molecule is CNc1ncc(C(C)NC(=O)Oc2cc(-c3ccc(C)cc3)cc(-n3nnnc3C(C)C)c2)cn1. The van der Waals surface area contributed by atoms with Crippen LogP contribution in [0.1, 0.15) is 49.7 Å². The van der Waals surface area contributed by atoms with E-state index in [1.807, 2.05) is 64.1 Å². The van der Waals surface area contributed by atoms with E-state index in [0.717, 1.165) is 22.3 Å². The molecule has 10 heteroatoms. The number of benzene rings is 2. The second kappa shape index (κ2) is 10.3. The van der Waals surface area contributed by atoms with Gasteiger partial charge in [-0.15, -0.1) is 5.10 Å². The van der Waals surface area contributed by atoms with Gasteiger partial charge in [-0.05, 0) is 47.5 Å². The number of anilines is 1. The van der Waals surface area contributed by atoms with Gasteiger partial charge in [-0.2, -0.15) is 4.68 Å². The van der Waals surface area contributed by atoms with E-state index < -0.39 is 6.09 Å². The molecule has 0 fully saturated rings. The van der Waals surface area contributed by atoms with E-state index in [2.05, 4.69) is 36.1 Å². The number of ether oxygens (including phenoxy) is 1. The fraction of sp³-hybridized carbons (Fsp3) is 0.280. The number of carbonyl (C=O) groups excluding carboxylic acids is 1. The Hall–Kier alpha value is -4.34. The zero-order valence-electron chi connectivity index (χ0n) is 20.4. The van der Waals surface area contributed by atoms with Crippen molar-refractivity contribution in [2.45, 2.75) is 39.7 Å². The minimum absolute atomic E-state index is 0.109. The third-order valence-electron chi connectivity index (χ3n) is 5.47. The van der Waals surface area contributed by atoms with Crippen LogP contribution in [-0.2, 0) is 0 Å². The first-order chi connectivity index (χ1) is 16.8. The minimum Gasteiger partial charge on any atom is -0.410 e. The molecule has 2 aromatic heterocycles. The van der Waals surface area contributed by atoms with Gasteiger partial charge in [-0.3, -0.25) is 0 Å². The number of hydrogen-bond donors (Lipinski definition) is 2. The van der Waals surface area contributed by atoms with Gasteiger partial charge in [0.1, 0.15) is 5.75 Å². The Morgan fingerprint density at radius 1 is 1.00 bits per heavy atom. The summed E-state index contributed by atoms with van der Waals surface area (Å²) in [5.74, 6) is 1.69. The standard InChI is InChI=1S/C25H28N8O2/c1-15(2)23-30-31-32-33(23)21-10-19(18-8-6-16(3)7-9-18)11-22(12-21)35-25(34)29-17(4)20-13-27-24(26-5)28-14-20/h6-15,17H,1-5H3,(H,29,34)(H,26,27,28). The van der Waals surface area contributed by atoms with Gasteiger partial charge in [0.05, 0.1) is 11.7 Å². The van der Waals surface area contributed by atoms with Crippen molar-refractivity contribution in [2.75, 3.05) is 12.4 Å². The lowest BCUT2D eigenvalue weighted by atomic mass is 10.0. The summed E-state index contributed by atoms with van der Waals surface area (Å²) in [6, 6.07) is 13.3. The Labute approximate surface area is 203 Å². The zero-order chi connectivity index (χ0) is 24.9. The van der Waals surface area contributed by atoms with Gasteiger partial charge in [0.25, 0.3) is 0 Å².